The quantitative estimate of drug-likeness (QED) is 0.391. The summed E-state index contributed by atoms with van der Waals surface area (Å²) in [6, 6.07) is 5.03. The number of nitrogens with zero attached hydrogens (tertiary/aromatic N) is 3. The number of benzene rings is 2. The lowest BCUT2D eigenvalue weighted by atomic mass is 10.2. The molecule has 1 aromatic heterocycles. The van der Waals surface area contributed by atoms with Crippen molar-refractivity contribution < 1.29 is 31.1 Å². The molecular formula is C23H25ClF2N4O5S. The van der Waals surface area contributed by atoms with Crippen LogP contribution in [0.15, 0.2) is 52.1 Å². The number of aromatic nitrogens is 1. The molecule has 9 nitrogen and oxygen atoms in total. The van der Waals surface area contributed by atoms with Gasteiger partial charge < -0.3 is 19.4 Å². The Morgan fingerprint density at radius 3 is 2.47 bits per heavy atom. The third kappa shape index (κ3) is 5.88. The lowest BCUT2D eigenvalue weighted by Gasteiger charge is -2.25. The van der Waals surface area contributed by atoms with Gasteiger partial charge in [0.05, 0.1) is 28.3 Å². The van der Waals surface area contributed by atoms with Crippen LogP contribution in [0.25, 0.3) is 0 Å². The van der Waals surface area contributed by atoms with Gasteiger partial charge in [0, 0.05) is 19.7 Å². The van der Waals surface area contributed by atoms with Crippen LogP contribution in [0, 0.1) is 11.6 Å². The summed E-state index contributed by atoms with van der Waals surface area (Å²) in [6.45, 7) is 7.01. The van der Waals surface area contributed by atoms with E-state index < -0.39 is 44.3 Å². The van der Waals surface area contributed by atoms with Crippen molar-refractivity contribution in [2.45, 2.75) is 38.2 Å². The molecule has 0 saturated heterocycles. The first-order chi connectivity index (χ1) is 16.7. The molecule has 0 aliphatic rings. The van der Waals surface area contributed by atoms with E-state index in [1.54, 1.807) is 11.9 Å². The molecule has 0 saturated carbocycles. The monoisotopic (exact) mass is 542 g/mol. The Morgan fingerprint density at radius 1 is 1.19 bits per heavy atom. The molecule has 0 bridgehead atoms. The van der Waals surface area contributed by atoms with E-state index in [2.05, 4.69) is 10.3 Å². The average Bonchev–Trinajstić information content (AvgIpc) is 3.29. The van der Waals surface area contributed by atoms with E-state index in [-0.39, 0.29) is 15.0 Å². The number of rotatable bonds is 7. The van der Waals surface area contributed by atoms with E-state index in [0.29, 0.717) is 17.9 Å². The molecule has 13 heteroatoms. The Kier molecular flexibility index (Phi) is 7.79. The maximum absolute atomic E-state index is 15.2. The highest BCUT2D eigenvalue weighted by Crippen LogP contribution is 2.36. The van der Waals surface area contributed by atoms with Gasteiger partial charge in [-0.25, -0.2) is 27.0 Å². The summed E-state index contributed by atoms with van der Waals surface area (Å²) < 4.78 is 66.1. The van der Waals surface area contributed by atoms with Crippen molar-refractivity contribution in [2.75, 3.05) is 28.1 Å². The van der Waals surface area contributed by atoms with Crippen molar-refractivity contribution in [1.29, 1.82) is 0 Å². The Balaban J connectivity index is 2.05. The summed E-state index contributed by atoms with van der Waals surface area (Å²) in [4.78, 5) is 17.3. The maximum Gasteiger partial charge on any atom is 0.433 e. The molecule has 0 fully saturated rings. The van der Waals surface area contributed by atoms with Crippen LogP contribution in [0.3, 0.4) is 0 Å². The first-order valence-corrected chi connectivity index (χ1v) is 12.5. The van der Waals surface area contributed by atoms with Crippen molar-refractivity contribution >= 4 is 50.8 Å². The smallest absolute Gasteiger partial charge is 0.433 e. The molecule has 1 amide bonds. The van der Waals surface area contributed by atoms with Crippen molar-refractivity contribution in [3.63, 3.8) is 0 Å². The number of oxazole rings is 1. The molecule has 0 aliphatic heterocycles. The summed E-state index contributed by atoms with van der Waals surface area (Å²) in [6.07, 6.45) is 0.819. The minimum Gasteiger partial charge on any atom is -0.443 e. The van der Waals surface area contributed by atoms with Gasteiger partial charge in [0.25, 0.3) is 10.0 Å². The number of sulfonamides is 1. The zero-order valence-corrected chi connectivity index (χ0v) is 21.7. The van der Waals surface area contributed by atoms with Crippen LogP contribution in [0.5, 0.6) is 0 Å². The predicted molar refractivity (Wildman–Crippen MR) is 132 cm³/mol. The number of halogens is 3. The van der Waals surface area contributed by atoms with E-state index in [1.165, 1.54) is 39.0 Å². The van der Waals surface area contributed by atoms with Gasteiger partial charge in [-0.2, -0.15) is 0 Å². The zero-order chi connectivity index (χ0) is 26.8. The molecule has 0 spiro atoms. The van der Waals surface area contributed by atoms with Gasteiger partial charge in [-0.3, -0.25) is 0 Å². The number of anilines is 4. The highest BCUT2D eigenvalue weighted by molar-refractivity contribution is 7.93. The Bertz CT molecular complexity index is 1360. The van der Waals surface area contributed by atoms with E-state index >= 15 is 4.39 Å². The van der Waals surface area contributed by atoms with Crippen LogP contribution in [0.4, 0.5) is 36.7 Å². The number of amides is 1. The fourth-order valence-corrected chi connectivity index (χ4v) is 4.63. The van der Waals surface area contributed by atoms with Gasteiger partial charge in [-0.15, -0.1) is 4.31 Å². The number of carbonyl (C=O) groups is 1. The summed E-state index contributed by atoms with van der Waals surface area (Å²) >= 11 is 6.31. The number of ether oxygens (including phenoxy) is 1. The normalized spacial score (nSPS) is 11.8. The van der Waals surface area contributed by atoms with Crippen LogP contribution in [0.2, 0.25) is 5.02 Å². The van der Waals surface area contributed by atoms with Crippen molar-refractivity contribution in [3.05, 3.63) is 59.4 Å². The molecule has 1 heterocycles. The molecule has 0 atom stereocenters. The summed E-state index contributed by atoms with van der Waals surface area (Å²) in [5, 5.41) is 2.72. The Morgan fingerprint density at radius 2 is 1.89 bits per heavy atom. The Hall–Kier alpha value is -3.38. The second-order valence-corrected chi connectivity index (χ2v) is 10.8. The molecule has 2 aromatic carbocycles. The third-order valence-corrected chi connectivity index (χ3v) is 6.77. The molecule has 3 rings (SSSR count). The van der Waals surface area contributed by atoms with Crippen LogP contribution in [-0.2, 0) is 14.8 Å². The molecule has 194 valence electrons. The SMILES string of the molecule is CCN(C)c1cc(F)ccc1Nc1cc(F)c(S(=O)(=O)N(C(=O)OC(C)(C)C)c2ncco2)cc1Cl. The molecule has 0 unspecified atom stereocenters. The first kappa shape index (κ1) is 27.2. The number of hydrogen-bond acceptors (Lipinski definition) is 8. The number of hydrogen-bond donors (Lipinski definition) is 1. The van der Waals surface area contributed by atoms with Crippen molar-refractivity contribution in [1.82, 2.24) is 4.98 Å². The topological polar surface area (TPSA) is 105 Å². The highest BCUT2D eigenvalue weighted by atomic mass is 35.5. The molecular weight excluding hydrogens is 518 g/mol. The molecule has 3 aromatic rings. The standard InChI is InChI=1S/C23H25ClF2N4O5S/c1-6-29(5)19-11-14(25)7-8-17(19)28-18-13-16(26)20(12-15(18)24)36(32,33)30(21-27-9-10-34-21)22(31)35-23(2,3)4/h7-13,28H,6H2,1-5H3. The van der Waals surface area contributed by atoms with Gasteiger partial charge in [-0.1, -0.05) is 11.6 Å². The van der Waals surface area contributed by atoms with Crippen molar-refractivity contribution in [2.24, 2.45) is 0 Å². The van der Waals surface area contributed by atoms with E-state index in [9.17, 15) is 17.6 Å². The summed E-state index contributed by atoms with van der Waals surface area (Å²) in [5.74, 6) is -1.68. The van der Waals surface area contributed by atoms with Gasteiger partial charge in [0.15, 0.2) is 0 Å². The second-order valence-electron chi connectivity index (χ2n) is 8.63. The van der Waals surface area contributed by atoms with Gasteiger partial charge in [-0.05, 0) is 52.0 Å². The van der Waals surface area contributed by atoms with Crippen LogP contribution >= 0.6 is 11.6 Å². The minimum absolute atomic E-state index is 0.0189. The fraction of sp³-hybridized carbons (Fsp3) is 0.304. The van der Waals surface area contributed by atoms with E-state index in [1.807, 2.05) is 6.92 Å². The van der Waals surface area contributed by atoms with Gasteiger partial charge >= 0.3 is 12.1 Å². The predicted octanol–water partition coefficient (Wildman–Crippen LogP) is 5.94. The fourth-order valence-electron chi connectivity index (χ4n) is 3.06. The number of carbonyl (C=O) groups excluding carboxylic acids is 1. The highest BCUT2D eigenvalue weighted by Gasteiger charge is 2.39. The summed E-state index contributed by atoms with van der Waals surface area (Å²) in [5.41, 5.74) is -0.163. The summed E-state index contributed by atoms with van der Waals surface area (Å²) in [7, 11) is -3.17. The zero-order valence-electron chi connectivity index (χ0n) is 20.2. The lowest BCUT2D eigenvalue weighted by molar-refractivity contribution is 0.0603. The molecule has 36 heavy (non-hydrogen) atoms. The molecule has 1 N–H and O–H groups in total. The van der Waals surface area contributed by atoms with E-state index in [4.69, 9.17) is 20.8 Å². The minimum atomic E-state index is -4.91. The van der Waals surface area contributed by atoms with Crippen LogP contribution in [-0.4, -0.2) is 38.7 Å². The van der Waals surface area contributed by atoms with Crippen molar-refractivity contribution in [3.8, 4) is 0 Å². The molecule has 0 aliphatic carbocycles. The third-order valence-electron chi connectivity index (χ3n) is 4.81. The van der Waals surface area contributed by atoms with E-state index in [0.717, 1.165) is 24.6 Å². The Labute approximate surface area is 212 Å². The van der Waals surface area contributed by atoms with Crippen LogP contribution in [0.1, 0.15) is 27.7 Å². The van der Waals surface area contributed by atoms with Crippen LogP contribution < -0.4 is 14.5 Å². The van der Waals surface area contributed by atoms with Gasteiger partial charge in [0.2, 0.25) is 0 Å². The second kappa shape index (κ2) is 10.3. The van der Waals surface area contributed by atoms with Gasteiger partial charge in [0.1, 0.15) is 28.4 Å². The largest absolute Gasteiger partial charge is 0.443 e. The maximum atomic E-state index is 15.2. The number of nitrogens with one attached hydrogen (secondary N) is 1. The first-order valence-electron chi connectivity index (χ1n) is 10.7. The molecule has 0 radical (unpaired) electrons. The lowest BCUT2D eigenvalue weighted by Crippen LogP contribution is -2.41. The average molecular weight is 543 g/mol.